The first-order chi connectivity index (χ1) is 8.27. The van der Waals surface area contributed by atoms with Gasteiger partial charge in [0, 0.05) is 31.3 Å². The van der Waals surface area contributed by atoms with E-state index in [-0.39, 0.29) is 6.04 Å². The number of nitrogens with zero attached hydrogens (tertiary/aromatic N) is 2. The summed E-state index contributed by atoms with van der Waals surface area (Å²) in [6, 6.07) is 0.0640. The van der Waals surface area contributed by atoms with Crippen LogP contribution in [0.25, 0.3) is 0 Å². The van der Waals surface area contributed by atoms with Crippen LogP contribution in [0.1, 0.15) is 32.1 Å². The van der Waals surface area contributed by atoms with Gasteiger partial charge in [0.25, 0.3) is 0 Å². The lowest BCUT2D eigenvalue weighted by Crippen LogP contribution is -2.40. The Labute approximate surface area is 106 Å². The molecule has 17 heavy (non-hydrogen) atoms. The van der Waals surface area contributed by atoms with Crippen LogP contribution in [0.5, 0.6) is 0 Å². The van der Waals surface area contributed by atoms with Gasteiger partial charge in [-0.15, -0.1) is 4.39 Å². The van der Waals surface area contributed by atoms with Crippen molar-refractivity contribution < 1.29 is 13.9 Å². The Kier molecular flexibility index (Phi) is 5.06. The molecule has 0 aromatic carbocycles. The number of halogens is 1. The van der Waals surface area contributed by atoms with Gasteiger partial charge >= 0.3 is 6.16 Å². The molecule has 4 nitrogen and oxygen atoms in total. The van der Waals surface area contributed by atoms with Crippen molar-refractivity contribution in [3.8, 4) is 0 Å². The first-order valence-corrected chi connectivity index (χ1v) is 7.00. The summed E-state index contributed by atoms with van der Waals surface area (Å²) in [6.45, 7) is 2.82. The molecular formula is C11H19FN2O2S. The van der Waals surface area contributed by atoms with Crippen LogP contribution in [0.15, 0.2) is 0 Å². The molecule has 1 amide bonds. The van der Waals surface area contributed by atoms with E-state index < -0.39 is 6.16 Å². The quantitative estimate of drug-likeness (QED) is 0.444. The fraction of sp³-hybridized carbons (Fsp3) is 0.909. The SMILES string of the molecule is O=C(F)N(SN1CCOCC1)C1CCCCC1. The Bertz CT molecular complexity index is 256. The monoisotopic (exact) mass is 262 g/mol. The molecule has 2 rings (SSSR count). The number of rotatable bonds is 3. The summed E-state index contributed by atoms with van der Waals surface area (Å²) in [7, 11) is 0. The molecule has 0 aromatic rings. The van der Waals surface area contributed by atoms with Gasteiger partial charge in [0.1, 0.15) is 0 Å². The molecule has 1 aliphatic carbocycles. The first-order valence-electron chi connectivity index (χ1n) is 6.27. The van der Waals surface area contributed by atoms with Gasteiger partial charge in [-0.25, -0.2) is 13.4 Å². The zero-order valence-electron chi connectivity index (χ0n) is 9.94. The van der Waals surface area contributed by atoms with Gasteiger partial charge in [0.05, 0.1) is 13.2 Å². The Balaban J connectivity index is 1.88. The molecule has 0 bridgehead atoms. The largest absolute Gasteiger partial charge is 0.411 e. The van der Waals surface area contributed by atoms with Crippen molar-refractivity contribution in [3.63, 3.8) is 0 Å². The van der Waals surface area contributed by atoms with Crippen LogP contribution in [0.4, 0.5) is 9.18 Å². The highest BCUT2D eigenvalue weighted by Crippen LogP contribution is 2.30. The number of hydrogen-bond acceptors (Lipinski definition) is 4. The summed E-state index contributed by atoms with van der Waals surface area (Å²) in [6.07, 6.45) is 3.93. The van der Waals surface area contributed by atoms with Crippen LogP contribution < -0.4 is 0 Å². The molecule has 1 saturated carbocycles. The van der Waals surface area contributed by atoms with Crippen LogP contribution in [-0.4, -0.2) is 47.1 Å². The summed E-state index contributed by atoms with van der Waals surface area (Å²) in [4.78, 5) is 11.1. The third kappa shape index (κ3) is 3.82. The normalized spacial score (nSPS) is 23.6. The molecule has 2 fully saturated rings. The third-order valence-corrected chi connectivity index (χ3v) is 4.47. The second-order valence-electron chi connectivity index (χ2n) is 4.49. The Morgan fingerprint density at radius 1 is 1.24 bits per heavy atom. The fourth-order valence-electron chi connectivity index (χ4n) is 2.31. The van der Waals surface area contributed by atoms with E-state index in [0.29, 0.717) is 13.2 Å². The maximum absolute atomic E-state index is 13.1. The number of hydrogen-bond donors (Lipinski definition) is 0. The summed E-state index contributed by atoms with van der Waals surface area (Å²) in [5.41, 5.74) is 0. The molecule has 0 N–H and O–H groups in total. The number of amides is 1. The second-order valence-corrected chi connectivity index (χ2v) is 5.57. The van der Waals surface area contributed by atoms with E-state index in [2.05, 4.69) is 0 Å². The van der Waals surface area contributed by atoms with Crippen LogP contribution in [0.3, 0.4) is 0 Å². The zero-order valence-corrected chi connectivity index (χ0v) is 10.8. The summed E-state index contributed by atoms with van der Waals surface area (Å²) >= 11 is 1.24. The van der Waals surface area contributed by atoms with Gasteiger partial charge in [0.2, 0.25) is 0 Å². The number of carbonyl (C=O) groups is 1. The van der Waals surface area contributed by atoms with E-state index in [1.54, 1.807) is 0 Å². The maximum Gasteiger partial charge on any atom is 0.411 e. The van der Waals surface area contributed by atoms with Crippen molar-refractivity contribution in [3.05, 3.63) is 0 Å². The highest BCUT2D eigenvalue weighted by Gasteiger charge is 2.28. The van der Waals surface area contributed by atoms with Crippen molar-refractivity contribution in [2.45, 2.75) is 38.1 Å². The molecule has 1 aliphatic heterocycles. The molecule has 6 heteroatoms. The fourth-order valence-corrected chi connectivity index (χ4v) is 3.28. The first kappa shape index (κ1) is 13.1. The number of morpholine rings is 1. The molecular weight excluding hydrogens is 243 g/mol. The van der Waals surface area contributed by atoms with Gasteiger partial charge in [-0.3, -0.25) is 0 Å². The second kappa shape index (κ2) is 6.56. The average molecular weight is 262 g/mol. The highest BCUT2D eigenvalue weighted by molar-refractivity contribution is 7.95. The van der Waals surface area contributed by atoms with E-state index in [9.17, 15) is 9.18 Å². The average Bonchev–Trinajstić information content (AvgIpc) is 2.38. The van der Waals surface area contributed by atoms with E-state index in [1.165, 1.54) is 22.9 Å². The predicted molar refractivity (Wildman–Crippen MR) is 65.2 cm³/mol. The van der Waals surface area contributed by atoms with E-state index in [0.717, 1.165) is 38.8 Å². The lowest BCUT2D eigenvalue weighted by atomic mass is 9.96. The Morgan fingerprint density at radius 3 is 2.47 bits per heavy atom. The number of ether oxygens (including phenoxy) is 1. The van der Waals surface area contributed by atoms with Crippen LogP contribution >= 0.6 is 12.1 Å². The van der Waals surface area contributed by atoms with Crippen LogP contribution in [0, 0.1) is 0 Å². The predicted octanol–water partition coefficient (Wildman–Crippen LogP) is 2.61. The van der Waals surface area contributed by atoms with Gasteiger partial charge in [-0.2, -0.15) is 0 Å². The van der Waals surface area contributed by atoms with Crippen molar-refractivity contribution in [2.24, 2.45) is 0 Å². The van der Waals surface area contributed by atoms with E-state index >= 15 is 0 Å². The summed E-state index contributed by atoms with van der Waals surface area (Å²) in [5.74, 6) is 0. The molecule has 1 heterocycles. The van der Waals surface area contributed by atoms with Gasteiger partial charge in [-0.05, 0) is 12.8 Å². The van der Waals surface area contributed by atoms with Gasteiger partial charge < -0.3 is 4.74 Å². The maximum atomic E-state index is 13.1. The van der Waals surface area contributed by atoms with E-state index in [1.807, 2.05) is 4.31 Å². The molecule has 98 valence electrons. The van der Waals surface area contributed by atoms with Crippen LogP contribution in [0.2, 0.25) is 0 Å². The van der Waals surface area contributed by atoms with E-state index in [4.69, 9.17) is 4.74 Å². The minimum atomic E-state index is -1.31. The Morgan fingerprint density at radius 2 is 1.88 bits per heavy atom. The third-order valence-electron chi connectivity index (χ3n) is 3.25. The van der Waals surface area contributed by atoms with Crippen molar-refractivity contribution >= 4 is 18.3 Å². The highest BCUT2D eigenvalue weighted by atomic mass is 32.2. The minimum Gasteiger partial charge on any atom is -0.379 e. The molecule has 0 radical (unpaired) electrons. The standard InChI is InChI=1S/C11H19FN2O2S/c12-11(15)14(10-4-2-1-3-5-10)17-13-6-8-16-9-7-13/h10H,1-9H2. The topological polar surface area (TPSA) is 32.8 Å². The van der Waals surface area contributed by atoms with Gasteiger partial charge in [-0.1, -0.05) is 19.3 Å². The van der Waals surface area contributed by atoms with Crippen LogP contribution in [-0.2, 0) is 4.74 Å². The lowest BCUT2D eigenvalue weighted by Gasteiger charge is -2.35. The van der Waals surface area contributed by atoms with Gasteiger partial charge in [0.15, 0.2) is 0 Å². The number of carbonyl (C=O) groups excluding carboxylic acids is 1. The van der Waals surface area contributed by atoms with Crippen molar-refractivity contribution in [1.29, 1.82) is 0 Å². The molecule has 0 aromatic heterocycles. The summed E-state index contributed by atoms with van der Waals surface area (Å²) < 4.78 is 21.7. The molecule has 0 unspecified atom stereocenters. The molecule has 0 atom stereocenters. The minimum absolute atomic E-state index is 0.0640. The molecule has 0 spiro atoms. The van der Waals surface area contributed by atoms with Crippen molar-refractivity contribution in [1.82, 2.24) is 8.61 Å². The zero-order chi connectivity index (χ0) is 12.1. The molecule has 1 saturated heterocycles. The van der Waals surface area contributed by atoms with Crippen molar-refractivity contribution in [2.75, 3.05) is 26.3 Å². The smallest absolute Gasteiger partial charge is 0.379 e. The summed E-state index contributed by atoms with van der Waals surface area (Å²) in [5, 5.41) is 0. The Hall–Kier alpha value is -0.330. The molecule has 2 aliphatic rings. The lowest BCUT2D eigenvalue weighted by molar-refractivity contribution is 0.0751.